The van der Waals surface area contributed by atoms with Gasteiger partial charge in [0.1, 0.15) is 0 Å². The fraction of sp³-hybridized carbons (Fsp3) is 0.529. The Kier molecular flexibility index (Phi) is 6.62. The second-order valence-corrected chi connectivity index (χ2v) is 9.81. The van der Waals surface area contributed by atoms with Crippen LogP contribution in [0.25, 0.3) is 0 Å². The number of rotatable bonds is 8. The lowest BCUT2D eigenvalue weighted by Crippen LogP contribution is -2.36. The van der Waals surface area contributed by atoms with Crippen LogP contribution in [0.15, 0.2) is 40.6 Å². The van der Waals surface area contributed by atoms with E-state index in [1.807, 2.05) is 13.8 Å². The molecule has 0 saturated heterocycles. The molecule has 0 bridgehead atoms. The molecule has 1 aliphatic heterocycles. The zero-order chi connectivity index (χ0) is 18.7. The molecule has 0 aromatic heterocycles. The molecule has 2 rings (SSSR count). The van der Waals surface area contributed by atoms with Crippen LogP contribution in [0.1, 0.15) is 32.8 Å². The van der Waals surface area contributed by atoms with Crippen LogP contribution in [0.3, 0.4) is 0 Å². The number of hydrogen-bond donors (Lipinski definition) is 0. The Morgan fingerprint density at radius 2 is 1.68 bits per heavy atom. The van der Waals surface area contributed by atoms with Crippen LogP contribution >= 0.6 is 7.60 Å². The third-order valence-corrected chi connectivity index (χ3v) is 8.14. The van der Waals surface area contributed by atoms with E-state index in [1.54, 1.807) is 44.2 Å². The molecule has 1 aromatic rings. The first kappa shape index (κ1) is 20.3. The van der Waals surface area contributed by atoms with E-state index in [-0.39, 0.29) is 30.7 Å². The summed E-state index contributed by atoms with van der Waals surface area (Å²) in [5, 5.41) is 0.415. The van der Waals surface area contributed by atoms with E-state index in [2.05, 4.69) is 0 Å². The van der Waals surface area contributed by atoms with Crippen LogP contribution in [0.2, 0.25) is 0 Å². The Bertz CT molecular complexity index is 763. The normalized spacial score (nSPS) is 19.2. The van der Waals surface area contributed by atoms with Crippen molar-refractivity contribution in [1.82, 2.24) is 4.31 Å². The summed E-state index contributed by atoms with van der Waals surface area (Å²) < 4.78 is 51.2. The fourth-order valence-corrected chi connectivity index (χ4v) is 6.27. The zero-order valence-electron chi connectivity index (χ0n) is 15.1. The van der Waals surface area contributed by atoms with Gasteiger partial charge in [-0.2, -0.15) is 4.31 Å². The van der Waals surface area contributed by atoms with Crippen LogP contribution in [-0.2, 0) is 23.6 Å². The fourth-order valence-electron chi connectivity index (χ4n) is 2.79. The van der Waals surface area contributed by atoms with Crippen molar-refractivity contribution in [3.8, 4) is 0 Å². The summed E-state index contributed by atoms with van der Waals surface area (Å²) >= 11 is 0. The smallest absolute Gasteiger partial charge is 0.306 e. The first-order valence-electron chi connectivity index (χ1n) is 8.47. The second-order valence-electron chi connectivity index (χ2n) is 5.83. The van der Waals surface area contributed by atoms with Gasteiger partial charge in [-0.3, -0.25) is 4.57 Å². The molecule has 1 atom stereocenters. The Hall–Kier alpha value is -0.980. The zero-order valence-corrected chi connectivity index (χ0v) is 16.8. The Balaban J connectivity index is 2.35. The van der Waals surface area contributed by atoms with Gasteiger partial charge in [0.15, 0.2) is 0 Å². The lowest BCUT2D eigenvalue weighted by atomic mass is 10.2. The van der Waals surface area contributed by atoms with E-state index in [9.17, 15) is 13.0 Å². The molecule has 0 amide bonds. The quantitative estimate of drug-likeness (QED) is 0.632. The van der Waals surface area contributed by atoms with Gasteiger partial charge in [0.25, 0.3) is 0 Å². The summed E-state index contributed by atoms with van der Waals surface area (Å²) in [4.78, 5) is 0.230. The lowest BCUT2D eigenvalue weighted by Gasteiger charge is -2.24. The van der Waals surface area contributed by atoms with E-state index >= 15 is 0 Å². The molecular weight excluding hydrogens is 361 g/mol. The van der Waals surface area contributed by atoms with Crippen molar-refractivity contribution in [2.45, 2.75) is 45.1 Å². The molecule has 6 nitrogen and oxygen atoms in total. The van der Waals surface area contributed by atoms with Crippen molar-refractivity contribution in [3.63, 3.8) is 0 Å². The van der Waals surface area contributed by atoms with Gasteiger partial charge >= 0.3 is 7.60 Å². The molecule has 0 aliphatic carbocycles. The molecule has 0 spiro atoms. The highest BCUT2D eigenvalue weighted by Gasteiger charge is 2.42. The summed E-state index contributed by atoms with van der Waals surface area (Å²) in [6, 6.07) is 6.36. The van der Waals surface area contributed by atoms with Crippen LogP contribution in [0, 0.1) is 6.92 Å². The van der Waals surface area contributed by atoms with Crippen molar-refractivity contribution in [2.24, 2.45) is 0 Å². The topological polar surface area (TPSA) is 72.9 Å². The minimum absolute atomic E-state index is 0.0198. The predicted molar refractivity (Wildman–Crippen MR) is 98.1 cm³/mol. The molecule has 1 aromatic carbocycles. The van der Waals surface area contributed by atoms with E-state index in [1.165, 1.54) is 4.31 Å². The summed E-state index contributed by atoms with van der Waals surface area (Å²) in [5.41, 5.74) is 0.989. The summed E-state index contributed by atoms with van der Waals surface area (Å²) in [5.74, 6) is 0. The van der Waals surface area contributed by atoms with Crippen molar-refractivity contribution >= 4 is 17.6 Å². The average molecular weight is 387 g/mol. The number of aryl methyl sites for hydroxylation is 1. The molecule has 140 valence electrons. The molecule has 0 fully saturated rings. The van der Waals surface area contributed by atoms with Gasteiger partial charge in [-0.25, -0.2) is 8.42 Å². The van der Waals surface area contributed by atoms with E-state index < -0.39 is 17.6 Å². The molecule has 1 heterocycles. The van der Waals surface area contributed by atoms with Crippen LogP contribution in [0.4, 0.5) is 0 Å². The van der Waals surface area contributed by atoms with Crippen LogP contribution < -0.4 is 0 Å². The summed E-state index contributed by atoms with van der Waals surface area (Å²) in [7, 11) is -7.16. The maximum absolute atomic E-state index is 13.0. The Morgan fingerprint density at radius 3 is 2.16 bits per heavy atom. The molecule has 1 aliphatic rings. The van der Waals surface area contributed by atoms with Gasteiger partial charge in [0, 0.05) is 12.6 Å². The lowest BCUT2D eigenvalue weighted by molar-refractivity contribution is 0.225. The highest BCUT2D eigenvalue weighted by atomic mass is 32.2. The van der Waals surface area contributed by atoms with Crippen LogP contribution in [-0.4, -0.2) is 38.5 Å². The van der Waals surface area contributed by atoms with Gasteiger partial charge in [-0.15, -0.1) is 0 Å². The standard InChI is InChI=1S/C17H26NO5PS/c1-5-15-12-16(24(19,22-6-2)23-7-3)13-18(15)25(20,21)17-10-8-14(4)9-11-17/h8-12,15H,5-7,13H2,1-4H3. The molecule has 0 saturated carbocycles. The average Bonchev–Trinajstić information content (AvgIpc) is 3.01. The maximum Gasteiger partial charge on any atom is 0.358 e. The summed E-state index contributed by atoms with van der Waals surface area (Å²) in [6.45, 7) is 7.76. The van der Waals surface area contributed by atoms with Gasteiger partial charge < -0.3 is 9.05 Å². The number of hydrogen-bond acceptors (Lipinski definition) is 5. The van der Waals surface area contributed by atoms with Crippen molar-refractivity contribution in [2.75, 3.05) is 19.8 Å². The first-order valence-corrected chi connectivity index (χ1v) is 11.5. The van der Waals surface area contributed by atoms with Crippen molar-refractivity contribution in [1.29, 1.82) is 0 Å². The second kappa shape index (κ2) is 8.14. The highest BCUT2D eigenvalue weighted by Crippen LogP contribution is 2.58. The predicted octanol–water partition coefficient (Wildman–Crippen LogP) is 3.93. The molecule has 25 heavy (non-hydrogen) atoms. The first-order chi connectivity index (χ1) is 11.8. The minimum Gasteiger partial charge on any atom is -0.306 e. The van der Waals surface area contributed by atoms with E-state index in [0.29, 0.717) is 11.7 Å². The van der Waals surface area contributed by atoms with Gasteiger partial charge in [0.05, 0.1) is 23.4 Å². The number of sulfonamides is 1. The summed E-state index contributed by atoms with van der Waals surface area (Å²) in [6.07, 6.45) is 2.30. The third kappa shape index (κ3) is 4.23. The molecule has 0 radical (unpaired) electrons. The van der Waals surface area contributed by atoms with Gasteiger partial charge in [-0.05, 0) is 39.3 Å². The van der Waals surface area contributed by atoms with E-state index in [4.69, 9.17) is 9.05 Å². The van der Waals surface area contributed by atoms with Crippen molar-refractivity contribution < 1.29 is 22.0 Å². The Morgan fingerprint density at radius 1 is 1.12 bits per heavy atom. The number of nitrogens with zero attached hydrogens (tertiary/aromatic N) is 1. The van der Waals surface area contributed by atoms with Gasteiger partial charge in [0.2, 0.25) is 10.0 Å². The van der Waals surface area contributed by atoms with Crippen LogP contribution in [0.5, 0.6) is 0 Å². The Labute approximate surface area is 150 Å². The molecule has 1 unspecified atom stereocenters. The maximum atomic E-state index is 13.0. The minimum atomic E-state index is -3.69. The van der Waals surface area contributed by atoms with Crippen molar-refractivity contribution in [3.05, 3.63) is 41.2 Å². The molecule has 0 N–H and O–H groups in total. The van der Waals surface area contributed by atoms with E-state index in [0.717, 1.165) is 5.56 Å². The number of benzene rings is 1. The molecular formula is C17H26NO5PS. The third-order valence-electron chi connectivity index (χ3n) is 4.07. The SMILES string of the molecule is CCOP(=O)(OCC)C1=CC(CC)N(S(=O)(=O)c2ccc(C)cc2)C1. The highest BCUT2D eigenvalue weighted by molar-refractivity contribution is 7.89. The largest absolute Gasteiger partial charge is 0.358 e. The molecule has 8 heteroatoms. The monoisotopic (exact) mass is 387 g/mol. The van der Waals surface area contributed by atoms with Gasteiger partial charge in [-0.1, -0.05) is 30.7 Å².